The molecule has 0 saturated heterocycles. The van der Waals surface area contributed by atoms with Crippen LogP contribution in [0.25, 0.3) is 0 Å². The first kappa shape index (κ1) is 17.0. The van der Waals surface area contributed by atoms with E-state index in [1.807, 2.05) is 19.2 Å². The predicted octanol–water partition coefficient (Wildman–Crippen LogP) is 1.43. The van der Waals surface area contributed by atoms with E-state index in [0.717, 1.165) is 18.2 Å². The van der Waals surface area contributed by atoms with Crippen molar-refractivity contribution < 1.29 is 23.5 Å². The van der Waals surface area contributed by atoms with Gasteiger partial charge >= 0.3 is 11.8 Å². The standard InChI is InChI=1S/C14H18F2N2O3/c1-8(2)11(19)6-7-17-13(20)14(21)18-12-9(15)4-3-5-10(12)16/h3-5,8,11,19H,6-7H2,1-2H3,(H,17,20)(H,18,21). The van der Waals surface area contributed by atoms with Gasteiger partial charge in [0.05, 0.1) is 6.10 Å². The topological polar surface area (TPSA) is 78.4 Å². The van der Waals surface area contributed by atoms with Crippen molar-refractivity contribution in [3.63, 3.8) is 0 Å². The molecule has 1 unspecified atom stereocenters. The summed E-state index contributed by atoms with van der Waals surface area (Å²) in [5.41, 5.74) is -0.667. The molecule has 0 aliphatic carbocycles. The third kappa shape index (κ3) is 5.11. The Hall–Kier alpha value is -2.02. The second-order valence-electron chi connectivity index (χ2n) is 4.91. The number of carbonyl (C=O) groups is 2. The van der Waals surface area contributed by atoms with E-state index in [1.54, 1.807) is 0 Å². The van der Waals surface area contributed by atoms with Crippen molar-refractivity contribution in [2.75, 3.05) is 11.9 Å². The summed E-state index contributed by atoms with van der Waals surface area (Å²) in [5, 5.41) is 13.7. The van der Waals surface area contributed by atoms with E-state index >= 15 is 0 Å². The molecule has 5 nitrogen and oxygen atoms in total. The lowest BCUT2D eigenvalue weighted by Crippen LogP contribution is -2.37. The second-order valence-corrected chi connectivity index (χ2v) is 4.91. The number of para-hydroxylation sites is 1. The minimum absolute atomic E-state index is 0.0308. The molecule has 0 saturated carbocycles. The summed E-state index contributed by atoms with van der Waals surface area (Å²) in [5.74, 6) is -4.09. The summed E-state index contributed by atoms with van der Waals surface area (Å²) < 4.78 is 26.6. The maximum atomic E-state index is 13.3. The van der Waals surface area contributed by atoms with Gasteiger partial charge in [0.1, 0.15) is 17.3 Å². The Morgan fingerprint density at radius 1 is 1.19 bits per heavy atom. The van der Waals surface area contributed by atoms with Crippen LogP contribution in [-0.2, 0) is 9.59 Å². The summed E-state index contributed by atoms with van der Waals surface area (Å²) in [6, 6.07) is 3.08. The first-order valence-electron chi connectivity index (χ1n) is 6.54. The fraction of sp³-hybridized carbons (Fsp3) is 0.429. The number of amides is 2. The number of rotatable bonds is 5. The molecule has 0 radical (unpaired) electrons. The van der Waals surface area contributed by atoms with Gasteiger partial charge in [0.25, 0.3) is 0 Å². The van der Waals surface area contributed by atoms with Crippen LogP contribution in [0.15, 0.2) is 18.2 Å². The van der Waals surface area contributed by atoms with Crippen LogP contribution in [0.1, 0.15) is 20.3 Å². The summed E-state index contributed by atoms with van der Waals surface area (Å²) in [7, 11) is 0. The molecule has 1 rings (SSSR count). The van der Waals surface area contributed by atoms with E-state index in [0.29, 0.717) is 0 Å². The van der Waals surface area contributed by atoms with E-state index in [9.17, 15) is 23.5 Å². The van der Waals surface area contributed by atoms with Gasteiger partial charge in [0.2, 0.25) is 0 Å². The van der Waals surface area contributed by atoms with Crippen molar-refractivity contribution in [2.45, 2.75) is 26.4 Å². The smallest absolute Gasteiger partial charge is 0.313 e. The van der Waals surface area contributed by atoms with Crippen LogP contribution in [0, 0.1) is 17.6 Å². The maximum absolute atomic E-state index is 13.3. The number of aliphatic hydroxyl groups is 1. The van der Waals surface area contributed by atoms with Crippen LogP contribution < -0.4 is 10.6 Å². The number of hydrogen-bond donors (Lipinski definition) is 3. The average Bonchev–Trinajstić information content (AvgIpc) is 2.42. The molecule has 1 aromatic carbocycles. The first-order valence-corrected chi connectivity index (χ1v) is 6.54. The molecule has 0 spiro atoms. The average molecular weight is 300 g/mol. The number of halogens is 2. The third-order valence-electron chi connectivity index (χ3n) is 2.90. The van der Waals surface area contributed by atoms with Gasteiger partial charge in [-0.25, -0.2) is 8.78 Å². The lowest BCUT2D eigenvalue weighted by atomic mass is 10.0. The molecular weight excluding hydrogens is 282 g/mol. The van der Waals surface area contributed by atoms with Gasteiger partial charge in [-0.05, 0) is 24.5 Å². The van der Waals surface area contributed by atoms with Gasteiger partial charge in [-0.1, -0.05) is 19.9 Å². The molecule has 0 aliphatic rings. The van der Waals surface area contributed by atoms with Gasteiger partial charge in [0.15, 0.2) is 0 Å². The molecular formula is C14H18F2N2O3. The van der Waals surface area contributed by atoms with Crippen LogP contribution >= 0.6 is 0 Å². The molecule has 0 aromatic heterocycles. The Labute approximate surface area is 121 Å². The van der Waals surface area contributed by atoms with Crippen molar-refractivity contribution >= 4 is 17.5 Å². The van der Waals surface area contributed by atoms with E-state index < -0.39 is 35.2 Å². The minimum Gasteiger partial charge on any atom is -0.393 e. The van der Waals surface area contributed by atoms with E-state index in [1.165, 1.54) is 0 Å². The zero-order valence-corrected chi connectivity index (χ0v) is 11.8. The van der Waals surface area contributed by atoms with Crippen molar-refractivity contribution in [3.8, 4) is 0 Å². The van der Waals surface area contributed by atoms with Gasteiger partial charge in [-0.3, -0.25) is 9.59 Å². The van der Waals surface area contributed by atoms with E-state index in [-0.39, 0.29) is 18.9 Å². The summed E-state index contributed by atoms with van der Waals surface area (Å²) in [4.78, 5) is 23.0. The molecule has 1 atom stereocenters. The molecule has 0 aliphatic heterocycles. The normalized spacial score (nSPS) is 12.1. The molecule has 116 valence electrons. The highest BCUT2D eigenvalue weighted by Crippen LogP contribution is 2.17. The van der Waals surface area contributed by atoms with Gasteiger partial charge in [0, 0.05) is 6.54 Å². The molecule has 0 heterocycles. The van der Waals surface area contributed by atoms with Crippen molar-refractivity contribution in [1.82, 2.24) is 5.32 Å². The number of hydrogen-bond acceptors (Lipinski definition) is 3. The van der Waals surface area contributed by atoms with E-state index in [4.69, 9.17) is 0 Å². The van der Waals surface area contributed by atoms with Crippen LogP contribution in [0.3, 0.4) is 0 Å². The lowest BCUT2D eigenvalue weighted by Gasteiger charge is -2.14. The zero-order valence-electron chi connectivity index (χ0n) is 11.8. The molecule has 0 bridgehead atoms. The number of nitrogens with one attached hydrogen (secondary N) is 2. The Bertz CT molecular complexity index is 501. The molecule has 7 heteroatoms. The highest BCUT2D eigenvalue weighted by Gasteiger charge is 2.18. The monoisotopic (exact) mass is 300 g/mol. The maximum Gasteiger partial charge on any atom is 0.313 e. The number of carbonyl (C=O) groups excluding carboxylic acids is 2. The molecule has 3 N–H and O–H groups in total. The number of anilines is 1. The molecule has 21 heavy (non-hydrogen) atoms. The van der Waals surface area contributed by atoms with Crippen LogP contribution in [0.5, 0.6) is 0 Å². The second kappa shape index (κ2) is 7.68. The Morgan fingerprint density at radius 2 is 1.76 bits per heavy atom. The first-order chi connectivity index (χ1) is 9.82. The van der Waals surface area contributed by atoms with Crippen LogP contribution in [-0.4, -0.2) is 29.6 Å². The van der Waals surface area contributed by atoms with Crippen molar-refractivity contribution in [1.29, 1.82) is 0 Å². The fourth-order valence-corrected chi connectivity index (χ4v) is 1.53. The Kier molecular flexibility index (Phi) is 6.23. The van der Waals surface area contributed by atoms with Crippen molar-refractivity contribution in [2.24, 2.45) is 5.92 Å². The molecule has 1 aromatic rings. The summed E-state index contributed by atoms with van der Waals surface area (Å²) in [6.45, 7) is 3.73. The minimum atomic E-state index is -1.17. The molecule has 0 fully saturated rings. The van der Waals surface area contributed by atoms with Gasteiger partial charge in [-0.15, -0.1) is 0 Å². The Morgan fingerprint density at radius 3 is 2.29 bits per heavy atom. The van der Waals surface area contributed by atoms with Crippen molar-refractivity contribution in [3.05, 3.63) is 29.8 Å². The highest BCUT2D eigenvalue weighted by molar-refractivity contribution is 6.39. The predicted molar refractivity (Wildman–Crippen MR) is 73.5 cm³/mol. The number of benzene rings is 1. The van der Waals surface area contributed by atoms with Crippen LogP contribution in [0.4, 0.5) is 14.5 Å². The zero-order chi connectivity index (χ0) is 16.0. The van der Waals surface area contributed by atoms with Gasteiger partial charge in [-0.2, -0.15) is 0 Å². The quantitative estimate of drug-likeness (QED) is 0.720. The Balaban J connectivity index is 2.50. The molecule has 2 amide bonds. The van der Waals surface area contributed by atoms with E-state index in [2.05, 4.69) is 5.32 Å². The van der Waals surface area contributed by atoms with Crippen LogP contribution in [0.2, 0.25) is 0 Å². The number of aliphatic hydroxyl groups excluding tert-OH is 1. The lowest BCUT2D eigenvalue weighted by molar-refractivity contribution is -0.136. The SMILES string of the molecule is CC(C)C(O)CCNC(=O)C(=O)Nc1c(F)cccc1F. The van der Waals surface area contributed by atoms with Gasteiger partial charge < -0.3 is 15.7 Å². The third-order valence-corrected chi connectivity index (χ3v) is 2.90. The summed E-state index contributed by atoms with van der Waals surface area (Å²) >= 11 is 0. The summed E-state index contributed by atoms with van der Waals surface area (Å²) in [6.07, 6.45) is -0.317. The fourth-order valence-electron chi connectivity index (χ4n) is 1.53. The highest BCUT2D eigenvalue weighted by atomic mass is 19.1. The largest absolute Gasteiger partial charge is 0.393 e.